The molecule has 1 unspecified atom stereocenters. The minimum Gasteiger partial charge on any atom is -0.231 e. The molecule has 0 N–H and O–H groups in total. The van der Waals surface area contributed by atoms with Crippen LogP contribution in [0.15, 0.2) is 17.4 Å². The monoisotopic (exact) mass is 227 g/mol. The Morgan fingerprint density at radius 1 is 1.71 bits per heavy atom. The fourth-order valence-corrected chi connectivity index (χ4v) is 2.18. The van der Waals surface area contributed by atoms with Crippen LogP contribution in [0.5, 0.6) is 0 Å². The predicted octanol–water partition coefficient (Wildman–Crippen LogP) is 2.46. The van der Waals surface area contributed by atoms with Crippen molar-refractivity contribution in [2.75, 3.05) is 5.88 Å². The number of thioether (sulfide) groups is 1. The average molecular weight is 228 g/mol. The molecule has 0 aliphatic heterocycles. The van der Waals surface area contributed by atoms with Gasteiger partial charge in [0.2, 0.25) is 0 Å². The number of hydrogen-bond donors (Lipinski definition) is 0. The van der Waals surface area contributed by atoms with Crippen molar-refractivity contribution in [3.63, 3.8) is 0 Å². The third-order valence-electron chi connectivity index (χ3n) is 1.57. The van der Waals surface area contributed by atoms with Crippen molar-refractivity contribution in [3.05, 3.63) is 18.0 Å². The molecule has 0 radical (unpaired) electrons. The van der Waals surface area contributed by atoms with Gasteiger partial charge < -0.3 is 0 Å². The Bertz CT molecular complexity index is 337. The van der Waals surface area contributed by atoms with Gasteiger partial charge in [0.15, 0.2) is 5.16 Å². The molecule has 3 nitrogen and oxygen atoms in total. The minimum atomic E-state index is 0.376. The summed E-state index contributed by atoms with van der Waals surface area (Å²) in [5, 5.41) is 9.65. The van der Waals surface area contributed by atoms with E-state index in [-0.39, 0.29) is 0 Å². The van der Waals surface area contributed by atoms with Crippen molar-refractivity contribution in [1.82, 2.24) is 9.97 Å². The number of nitrogens with zero attached hydrogens (tertiary/aromatic N) is 3. The molecule has 1 rings (SSSR count). The number of aromatic nitrogens is 2. The van der Waals surface area contributed by atoms with E-state index >= 15 is 0 Å². The topological polar surface area (TPSA) is 49.6 Å². The van der Waals surface area contributed by atoms with Crippen molar-refractivity contribution in [1.29, 1.82) is 5.26 Å². The molecule has 0 aliphatic carbocycles. The average Bonchev–Trinajstić information content (AvgIpc) is 2.18. The summed E-state index contributed by atoms with van der Waals surface area (Å²) in [5.41, 5.74) is 0.403. The van der Waals surface area contributed by atoms with E-state index in [0.717, 1.165) is 6.42 Å². The highest BCUT2D eigenvalue weighted by atomic mass is 35.5. The molecule has 1 atom stereocenters. The highest BCUT2D eigenvalue weighted by Crippen LogP contribution is 2.21. The number of hydrogen-bond acceptors (Lipinski definition) is 4. The third kappa shape index (κ3) is 3.52. The van der Waals surface area contributed by atoms with Gasteiger partial charge in [-0.15, -0.1) is 11.6 Å². The van der Waals surface area contributed by atoms with Crippen molar-refractivity contribution in [3.8, 4) is 6.07 Å². The lowest BCUT2D eigenvalue weighted by atomic mass is 10.4. The summed E-state index contributed by atoms with van der Waals surface area (Å²) in [6.07, 6.45) is 2.51. The van der Waals surface area contributed by atoms with E-state index in [0.29, 0.717) is 22.0 Å². The summed E-state index contributed by atoms with van der Waals surface area (Å²) in [7, 11) is 0. The van der Waals surface area contributed by atoms with E-state index in [1.807, 2.05) is 6.07 Å². The lowest BCUT2D eigenvalue weighted by Gasteiger charge is -2.06. The number of rotatable bonds is 4. The SMILES string of the molecule is CC(CCCl)Sc1nccc(C#N)n1. The molecular formula is C9H10ClN3S. The quantitative estimate of drug-likeness (QED) is 0.451. The summed E-state index contributed by atoms with van der Waals surface area (Å²) in [5.74, 6) is 0.631. The minimum absolute atomic E-state index is 0.376. The van der Waals surface area contributed by atoms with Crippen LogP contribution in [-0.4, -0.2) is 21.1 Å². The molecule has 14 heavy (non-hydrogen) atoms. The van der Waals surface area contributed by atoms with E-state index in [1.54, 1.807) is 12.3 Å². The lowest BCUT2D eigenvalue weighted by molar-refractivity contribution is 0.886. The van der Waals surface area contributed by atoms with Gasteiger partial charge in [0.1, 0.15) is 11.8 Å². The van der Waals surface area contributed by atoms with Crippen LogP contribution in [0, 0.1) is 11.3 Å². The molecule has 0 spiro atoms. The van der Waals surface area contributed by atoms with Gasteiger partial charge in [-0.25, -0.2) is 9.97 Å². The van der Waals surface area contributed by atoms with E-state index < -0.39 is 0 Å². The molecule has 0 amide bonds. The molecule has 0 aromatic carbocycles. The first kappa shape index (κ1) is 11.3. The van der Waals surface area contributed by atoms with Crippen molar-refractivity contribution < 1.29 is 0 Å². The second kappa shape index (κ2) is 5.84. The van der Waals surface area contributed by atoms with Crippen LogP contribution in [0.3, 0.4) is 0 Å². The first-order chi connectivity index (χ1) is 6.76. The number of alkyl halides is 1. The zero-order valence-electron chi connectivity index (χ0n) is 7.77. The maximum atomic E-state index is 8.63. The molecule has 0 saturated heterocycles. The molecular weight excluding hydrogens is 218 g/mol. The first-order valence-electron chi connectivity index (χ1n) is 4.22. The molecule has 5 heteroatoms. The Hall–Kier alpha value is -0.790. The fraction of sp³-hybridized carbons (Fsp3) is 0.444. The molecule has 1 aromatic rings. The van der Waals surface area contributed by atoms with Crippen molar-refractivity contribution >= 4 is 23.4 Å². The van der Waals surface area contributed by atoms with E-state index in [4.69, 9.17) is 16.9 Å². The maximum absolute atomic E-state index is 8.63. The van der Waals surface area contributed by atoms with Crippen molar-refractivity contribution in [2.24, 2.45) is 0 Å². The van der Waals surface area contributed by atoms with Crippen LogP contribution >= 0.6 is 23.4 Å². The van der Waals surface area contributed by atoms with Crippen LogP contribution < -0.4 is 0 Å². The summed E-state index contributed by atoms with van der Waals surface area (Å²) in [6.45, 7) is 2.06. The molecule has 0 saturated carbocycles. The second-order valence-corrected chi connectivity index (χ2v) is 4.53. The van der Waals surface area contributed by atoms with Crippen molar-refractivity contribution in [2.45, 2.75) is 23.8 Å². The maximum Gasteiger partial charge on any atom is 0.189 e. The number of halogens is 1. The largest absolute Gasteiger partial charge is 0.231 e. The molecule has 0 bridgehead atoms. The highest BCUT2D eigenvalue weighted by Gasteiger charge is 2.06. The van der Waals surface area contributed by atoms with E-state index in [1.165, 1.54) is 11.8 Å². The van der Waals surface area contributed by atoms with Gasteiger partial charge in [0, 0.05) is 17.3 Å². The molecule has 1 aromatic heterocycles. The van der Waals surface area contributed by atoms with Gasteiger partial charge in [-0.3, -0.25) is 0 Å². The Morgan fingerprint density at radius 2 is 2.50 bits per heavy atom. The van der Waals surface area contributed by atoms with E-state index in [2.05, 4.69) is 16.9 Å². The van der Waals surface area contributed by atoms with Crippen LogP contribution in [-0.2, 0) is 0 Å². The van der Waals surface area contributed by atoms with Gasteiger partial charge in [-0.05, 0) is 12.5 Å². The molecule has 1 heterocycles. The zero-order chi connectivity index (χ0) is 10.4. The zero-order valence-corrected chi connectivity index (χ0v) is 9.35. The van der Waals surface area contributed by atoms with Crippen LogP contribution in [0.1, 0.15) is 19.0 Å². The Morgan fingerprint density at radius 3 is 3.14 bits per heavy atom. The molecule has 0 fully saturated rings. The highest BCUT2D eigenvalue weighted by molar-refractivity contribution is 7.99. The van der Waals surface area contributed by atoms with Gasteiger partial charge in [-0.2, -0.15) is 5.26 Å². The summed E-state index contributed by atoms with van der Waals surface area (Å²) >= 11 is 7.15. The fourth-order valence-electron chi connectivity index (χ4n) is 0.852. The Kier molecular flexibility index (Phi) is 4.71. The summed E-state index contributed by atoms with van der Waals surface area (Å²) in [4.78, 5) is 8.13. The first-order valence-corrected chi connectivity index (χ1v) is 5.63. The Balaban J connectivity index is 2.63. The molecule has 74 valence electrons. The normalized spacial score (nSPS) is 12.1. The van der Waals surface area contributed by atoms with Crippen LogP contribution in [0.25, 0.3) is 0 Å². The van der Waals surface area contributed by atoms with E-state index in [9.17, 15) is 0 Å². The molecule has 0 aliphatic rings. The number of nitriles is 1. The third-order valence-corrected chi connectivity index (χ3v) is 2.83. The smallest absolute Gasteiger partial charge is 0.189 e. The lowest BCUT2D eigenvalue weighted by Crippen LogP contribution is -1.99. The van der Waals surface area contributed by atoms with Crippen LogP contribution in [0.4, 0.5) is 0 Å². The summed E-state index contributed by atoms with van der Waals surface area (Å²) in [6, 6.07) is 3.58. The standard InChI is InChI=1S/C9H10ClN3S/c1-7(2-4-10)14-9-12-5-3-8(6-11)13-9/h3,5,7H,2,4H2,1H3. The van der Waals surface area contributed by atoms with Gasteiger partial charge in [-0.1, -0.05) is 18.7 Å². The summed E-state index contributed by atoms with van der Waals surface area (Å²) < 4.78 is 0. The predicted molar refractivity (Wildman–Crippen MR) is 57.4 cm³/mol. The van der Waals surface area contributed by atoms with Gasteiger partial charge in [0.05, 0.1) is 0 Å². The Labute approximate surface area is 92.5 Å². The second-order valence-electron chi connectivity index (χ2n) is 2.74. The van der Waals surface area contributed by atoms with Crippen LogP contribution in [0.2, 0.25) is 0 Å². The van der Waals surface area contributed by atoms with Gasteiger partial charge >= 0.3 is 0 Å². The van der Waals surface area contributed by atoms with Gasteiger partial charge in [0.25, 0.3) is 0 Å².